The molecule has 2 N–H and O–H groups in total. The molecule has 0 atom stereocenters. The molecule has 0 radical (unpaired) electrons. The van der Waals surface area contributed by atoms with Gasteiger partial charge in [0.15, 0.2) is 5.13 Å². The average Bonchev–Trinajstić information content (AvgIpc) is 3.24. The van der Waals surface area contributed by atoms with Gasteiger partial charge < -0.3 is 10.6 Å². The molecule has 0 spiro atoms. The first-order chi connectivity index (χ1) is 15.4. The standard InChI is InChI=1S/C23H23F3N4OS/c24-23(25,26)17-6-8-18(9-7-17)28-22-29-20(15-32-22)21(31)27-19-10-12-30(13-11-19)14-16-4-2-1-3-5-16/h1-9,15,19H,10-14H2,(H,27,31)(H,28,29). The van der Waals surface area contributed by atoms with Crippen molar-refractivity contribution >= 4 is 28.1 Å². The number of amides is 1. The van der Waals surface area contributed by atoms with E-state index in [0.29, 0.717) is 16.5 Å². The van der Waals surface area contributed by atoms with Crippen molar-refractivity contribution in [3.8, 4) is 0 Å². The number of anilines is 2. The second-order valence-corrected chi connectivity index (χ2v) is 8.61. The zero-order chi connectivity index (χ0) is 22.6. The summed E-state index contributed by atoms with van der Waals surface area (Å²) in [5.41, 5.74) is 1.35. The molecule has 5 nitrogen and oxygen atoms in total. The Kier molecular flexibility index (Phi) is 6.76. The van der Waals surface area contributed by atoms with Crippen LogP contribution in [0.4, 0.5) is 24.0 Å². The van der Waals surface area contributed by atoms with Crippen LogP contribution in [0.2, 0.25) is 0 Å². The summed E-state index contributed by atoms with van der Waals surface area (Å²) in [5.74, 6) is -0.233. The van der Waals surface area contributed by atoms with E-state index >= 15 is 0 Å². The van der Waals surface area contributed by atoms with E-state index in [4.69, 9.17) is 0 Å². The number of hydrogen-bond acceptors (Lipinski definition) is 5. The number of nitrogens with one attached hydrogen (secondary N) is 2. The molecule has 1 saturated heterocycles. The monoisotopic (exact) mass is 460 g/mol. The zero-order valence-corrected chi connectivity index (χ0v) is 18.0. The molecular weight excluding hydrogens is 437 g/mol. The first-order valence-electron chi connectivity index (χ1n) is 10.3. The summed E-state index contributed by atoms with van der Waals surface area (Å²) in [5, 5.41) is 8.09. The molecule has 1 fully saturated rings. The van der Waals surface area contributed by atoms with Crippen LogP contribution in [0.1, 0.15) is 34.5 Å². The molecule has 0 saturated carbocycles. The molecule has 0 bridgehead atoms. The highest BCUT2D eigenvalue weighted by Gasteiger charge is 2.30. The van der Waals surface area contributed by atoms with Crippen LogP contribution in [-0.2, 0) is 12.7 Å². The fourth-order valence-electron chi connectivity index (χ4n) is 3.64. The van der Waals surface area contributed by atoms with E-state index in [2.05, 4.69) is 32.7 Å². The van der Waals surface area contributed by atoms with E-state index < -0.39 is 11.7 Å². The Bertz CT molecular complexity index is 1030. The molecule has 1 amide bonds. The minimum Gasteiger partial charge on any atom is -0.348 e. The highest BCUT2D eigenvalue weighted by molar-refractivity contribution is 7.14. The number of carbonyl (C=O) groups excluding carboxylic acids is 1. The Morgan fingerprint density at radius 3 is 2.41 bits per heavy atom. The third-order valence-electron chi connectivity index (χ3n) is 5.37. The topological polar surface area (TPSA) is 57.3 Å². The lowest BCUT2D eigenvalue weighted by atomic mass is 10.0. The maximum absolute atomic E-state index is 12.7. The van der Waals surface area contributed by atoms with E-state index in [0.717, 1.165) is 44.6 Å². The lowest BCUT2D eigenvalue weighted by Gasteiger charge is -2.32. The molecule has 168 valence electrons. The van der Waals surface area contributed by atoms with Gasteiger partial charge in [-0.25, -0.2) is 4.98 Å². The van der Waals surface area contributed by atoms with E-state index in [1.165, 1.54) is 29.0 Å². The van der Waals surface area contributed by atoms with Crippen LogP contribution < -0.4 is 10.6 Å². The molecule has 0 unspecified atom stereocenters. The van der Waals surface area contributed by atoms with Crippen LogP contribution in [-0.4, -0.2) is 34.9 Å². The Hall–Kier alpha value is -2.91. The van der Waals surface area contributed by atoms with Crippen LogP contribution in [0.3, 0.4) is 0 Å². The largest absolute Gasteiger partial charge is 0.416 e. The van der Waals surface area contributed by atoms with Crippen molar-refractivity contribution in [1.82, 2.24) is 15.2 Å². The SMILES string of the molecule is O=C(NC1CCN(Cc2ccccc2)CC1)c1csc(Nc2ccc(C(F)(F)F)cc2)n1. The van der Waals surface area contributed by atoms with Gasteiger partial charge in [0.2, 0.25) is 0 Å². The number of benzene rings is 2. The summed E-state index contributed by atoms with van der Waals surface area (Å²) >= 11 is 1.23. The Balaban J connectivity index is 1.26. The van der Waals surface area contributed by atoms with Crippen molar-refractivity contribution in [3.63, 3.8) is 0 Å². The minimum absolute atomic E-state index is 0.0996. The number of carbonyl (C=O) groups is 1. The molecule has 1 aromatic heterocycles. The molecule has 4 rings (SSSR count). The molecule has 3 aromatic rings. The van der Waals surface area contributed by atoms with Gasteiger partial charge in [-0.05, 0) is 42.7 Å². The lowest BCUT2D eigenvalue weighted by molar-refractivity contribution is -0.137. The van der Waals surface area contributed by atoms with E-state index in [-0.39, 0.29) is 11.9 Å². The van der Waals surface area contributed by atoms with Crippen molar-refractivity contribution in [2.45, 2.75) is 31.6 Å². The summed E-state index contributed by atoms with van der Waals surface area (Å²) in [6, 6.07) is 15.1. The molecule has 1 aliphatic rings. The van der Waals surface area contributed by atoms with Gasteiger partial charge in [0.05, 0.1) is 5.56 Å². The number of rotatable bonds is 6. The Morgan fingerprint density at radius 1 is 1.06 bits per heavy atom. The number of hydrogen-bond donors (Lipinski definition) is 2. The van der Waals surface area contributed by atoms with Crippen molar-refractivity contribution in [2.75, 3.05) is 18.4 Å². The van der Waals surface area contributed by atoms with Gasteiger partial charge >= 0.3 is 6.18 Å². The highest BCUT2D eigenvalue weighted by atomic mass is 32.1. The smallest absolute Gasteiger partial charge is 0.348 e. The number of nitrogens with zero attached hydrogens (tertiary/aromatic N) is 2. The van der Waals surface area contributed by atoms with Crippen LogP contribution in [0.25, 0.3) is 0 Å². The van der Waals surface area contributed by atoms with Crippen molar-refractivity contribution in [1.29, 1.82) is 0 Å². The zero-order valence-electron chi connectivity index (χ0n) is 17.2. The van der Waals surface area contributed by atoms with Crippen molar-refractivity contribution in [2.24, 2.45) is 0 Å². The summed E-state index contributed by atoms with van der Waals surface area (Å²) in [6.45, 7) is 2.74. The first-order valence-corrected chi connectivity index (χ1v) is 11.2. The average molecular weight is 461 g/mol. The Morgan fingerprint density at radius 2 is 1.75 bits per heavy atom. The van der Waals surface area contributed by atoms with Gasteiger partial charge in [-0.1, -0.05) is 30.3 Å². The highest BCUT2D eigenvalue weighted by Crippen LogP contribution is 2.30. The van der Waals surface area contributed by atoms with E-state index in [9.17, 15) is 18.0 Å². The van der Waals surface area contributed by atoms with Gasteiger partial charge in [-0.2, -0.15) is 13.2 Å². The predicted octanol–water partition coefficient (Wildman–Crippen LogP) is 5.30. The fraction of sp³-hybridized carbons (Fsp3) is 0.304. The molecule has 32 heavy (non-hydrogen) atoms. The van der Waals surface area contributed by atoms with Crippen LogP contribution in [0, 0.1) is 0 Å². The second kappa shape index (κ2) is 9.70. The van der Waals surface area contributed by atoms with E-state index in [1.54, 1.807) is 5.38 Å². The maximum atomic E-state index is 12.7. The van der Waals surface area contributed by atoms with Gasteiger partial charge in [0.1, 0.15) is 5.69 Å². The summed E-state index contributed by atoms with van der Waals surface area (Å²) in [6.07, 6.45) is -2.62. The lowest BCUT2D eigenvalue weighted by Crippen LogP contribution is -2.44. The van der Waals surface area contributed by atoms with Crippen LogP contribution >= 0.6 is 11.3 Å². The van der Waals surface area contributed by atoms with Crippen LogP contribution in [0.5, 0.6) is 0 Å². The molecule has 9 heteroatoms. The number of aromatic nitrogens is 1. The third kappa shape index (κ3) is 5.86. The van der Waals surface area contributed by atoms with Crippen molar-refractivity contribution < 1.29 is 18.0 Å². The number of likely N-dealkylation sites (tertiary alicyclic amines) is 1. The number of alkyl halides is 3. The fourth-order valence-corrected chi connectivity index (χ4v) is 4.35. The van der Waals surface area contributed by atoms with Gasteiger partial charge in [-0.15, -0.1) is 11.3 Å². The predicted molar refractivity (Wildman–Crippen MR) is 119 cm³/mol. The summed E-state index contributed by atoms with van der Waals surface area (Å²) in [7, 11) is 0. The quantitative estimate of drug-likeness (QED) is 0.524. The number of halogens is 3. The molecular formula is C23H23F3N4OS. The molecule has 1 aliphatic heterocycles. The van der Waals surface area contributed by atoms with Gasteiger partial charge in [0.25, 0.3) is 5.91 Å². The molecule has 0 aliphatic carbocycles. The maximum Gasteiger partial charge on any atom is 0.416 e. The second-order valence-electron chi connectivity index (χ2n) is 7.75. The normalized spacial score (nSPS) is 15.5. The summed E-state index contributed by atoms with van der Waals surface area (Å²) < 4.78 is 38.0. The van der Waals surface area contributed by atoms with Gasteiger partial charge in [-0.3, -0.25) is 9.69 Å². The summed E-state index contributed by atoms with van der Waals surface area (Å²) in [4.78, 5) is 19.2. The minimum atomic E-state index is -4.37. The first kappa shape index (κ1) is 22.3. The van der Waals surface area contributed by atoms with E-state index in [1.807, 2.05) is 18.2 Å². The third-order valence-corrected chi connectivity index (χ3v) is 6.13. The number of thiazole rings is 1. The van der Waals surface area contributed by atoms with Crippen molar-refractivity contribution in [3.05, 3.63) is 76.8 Å². The molecule has 2 aromatic carbocycles. The van der Waals surface area contributed by atoms with Gasteiger partial charge in [0, 0.05) is 36.7 Å². The van der Waals surface area contributed by atoms with Crippen LogP contribution in [0.15, 0.2) is 60.0 Å². The Labute approximate surface area is 188 Å². The molecule has 2 heterocycles. The number of piperidine rings is 1.